The Bertz CT molecular complexity index is 595. The van der Waals surface area contributed by atoms with E-state index in [-0.39, 0.29) is 5.97 Å². The maximum absolute atomic E-state index is 11.1. The number of unbranched alkanes of at least 4 members (excludes halogenated alkanes) is 2. The first kappa shape index (κ1) is 14.3. The Kier molecular flexibility index (Phi) is 4.93. The van der Waals surface area contributed by atoms with Crippen LogP contribution < -0.4 is 9.47 Å². The zero-order chi connectivity index (χ0) is 14.4. The molecule has 2 rings (SSSR count). The lowest BCUT2D eigenvalue weighted by Gasteiger charge is -2.08. The molecule has 0 unspecified atom stereocenters. The van der Waals surface area contributed by atoms with Crippen molar-refractivity contribution in [2.45, 2.75) is 33.1 Å². The van der Waals surface area contributed by atoms with Crippen LogP contribution >= 0.6 is 0 Å². The molecule has 0 fully saturated rings. The number of rotatable bonds is 6. The van der Waals surface area contributed by atoms with Crippen LogP contribution in [0.1, 0.15) is 33.1 Å². The maximum atomic E-state index is 11.1. The molecule has 2 aromatic rings. The highest BCUT2D eigenvalue weighted by molar-refractivity contribution is 5.87. The van der Waals surface area contributed by atoms with E-state index in [1.807, 2.05) is 24.3 Å². The molecule has 4 heteroatoms. The summed E-state index contributed by atoms with van der Waals surface area (Å²) in [4.78, 5) is 15.5. The molecule has 106 valence electrons. The molecule has 1 heterocycles. The van der Waals surface area contributed by atoms with Crippen molar-refractivity contribution in [3.8, 4) is 11.6 Å². The minimum atomic E-state index is -0.353. The predicted octanol–water partition coefficient (Wildman–Crippen LogP) is 3.73. The number of fused-ring (bicyclic) bond motifs is 1. The summed E-state index contributed by atoms with van der Waals surface area (Å²) in [5, 5.41) is 0.921. The van der Waals surface area contributed by atoms with Gasteiger partial charge in [-0.3, -0.25) is 4.79 Å². The van der Waals surface area contributed by atoms with E-state index in [1.54, 1.807) is 6.07 Å². The molecule has 1 aromatic heterocycles. The van der Waals surface area contributed by atoms with Crippen LogP contribution in [0.5, 0.6) is 11.6 Å². The van der Waals surface area contributed by atoms with E-state index in [0.717, 1.165) is 24.6 Å². The number of ether oxygens (including phenoxy) is 2. The van der Waals surface area contributed by atoms with Gasteiger partial charge in [0.1, 0.15) is 5.52 Å². The number of carbonyl (C=O) groups excluding carboxylic acids is 1. The quantitative estimate of drug-likeness (QED) is 0.457. The van der Waals surface area contributed by atoms with Crippen molar-refractivity contribution in [1.82, 2.24) is 4.98 Å². The molecule has 0 saturated carbocycles. The van der Waals surface area contributed by atoms with Crippen LogP contribution in [0.4, 0.5) is 0 Å². The zero-order valence-electron chi connectivity index (χ0n) is 11.9. The van der Waals surface area contributed by atoms with Gasteiger partial charge in [0.05, 0.1) is 6.61 Å². The number of esters is 1. The third-order valence-electron chi connectivity index (χ3n) is 2.91. The minimum Gasteiger partial charge on any atom is -0.478 e. The lowest BCUT2D eigenvalue weighted by atomic mass is 10.2. The van der Waals surface area contributed by atoms with E-state index in [9.17, 15) is 4.79 Å². The summed E-state index contributed by atoms with van der Waals surface area (Å²) in [6, 6.07) is 9.26. The molecule has 0 aliphatic heterocycles. The van der Waals surface area contributed by atoms with Gasteiger partial charge in [-0.15, -0.1) is 0 Å². The Labute approximate surface area is 118 Å². The topological polar surface area (TPSA) is 48.4 Å². The highest BCUT2D eigenvalue weighted by atomic mass is 16.5. The standard InChI is InChI=1S/C16H19NO3/c1-3-4-5-11-19-15-10-9-13-7-6-8-14(16(13)17-15)20-12(2)18/h6-10H,3-5,11H2,1-2H3. The fraction of sp³-hybridized carbons (Fsp3) is 0.375. The normalized spacial score (nSPS) is 10.5. The first-order valence-corrected chi connectivity index (χ1v) is 6.91. The molecule has 0 radical (unpaired) electrons. The van der Waals surface area contributed by atoms with E-state index in [0.29, 0.717) is 23.8 Å². The van der Waals surface area contributed by atoms with E-state index < -0.39 is 0 Å². The van der Waals surface area contributed by atoms with E-state index in [2.05, 4.69) is 11.9 Å². The summed E-state index contributed by atoms with van der Waals surface area (Å²) in [6.45, 7) is 4.19. The third kappa shape index (κ3) is 3.70. The van der Waals surface area contributed by atoms with Crippen LogP contribution in [0.2, 0.25) is 0 Å². The maximum Gasteiger partial charge on any atom is 0.308 e. The van der Waals surface area contributed by atoms with Crippen LogP contribution in [0.15, 0.2) is 30.3 Å². The molecule has 0 N–H and O–H groups in total. The van der Waals surface area contributed by atoms with Crippen LogP contribution in [0.3, 0.4) is 0 Å². The van der Waals surface area contributed by atoms with E-state index in [1.165, 1.54) is 6.92 Å². The fourth-order valence-corrected chi connectivity index (χ4v) is 1.95. The SMILES string of the molecule is CCCCCOc1ccc2cccc(OC(C)=O)c2n1. The summed E-state index contributed by atoms with van der Waals surface area (Å²) in [7, 11) is 0. The number of carbonyl (C=O) groups is 1. The predicted molar refractivity (Wildman–Crippen MR) is 78.1 cm³/mol. The lowest BCUT2D eigenvalue weighted by molar-refractivity contribution is -0.131. The molecule has 0 spiro atoms. The van der Waals surface area contributed by atoms with Gasteiger partial charge >= 0.3 is 5.97 Å². The molecule has 0 aliphatic rings. The van der Waals surface area contributed by atoms with Gasteiger partial charge in [-0.25, -0.2) is 4.98 Å². The van der Waals surface area contributed by atoms with Gasteiger partial charge in [-0.1, -0.05) is 31.9 Å². The summed E-state index contributed by atoms with van der Waals surface area (Å²) >= 11 is 0. The third-order valence-corrected chi connectivity index (χ3v) is 2.91. The molecule has 0 atom stereocenters. The number of hydrogen-bond acceptors (Lipinski definition) is 4. The Morgan fingerprint density at radius 3 is 2.80 bits per heavy atom. The molecule has 0 bridgehead atoms. The Hall–Kier alpha value is -2.10. The molecule has 20 heavy (non-hydrogen) atoms. The van der Waals surface area contributed by atoms with Crippen LogP contribution in [0.25, 0.3) is 10.9 Å². The smallest absolute Gasteiger partial charge is 0.308 e. The first-order chi connectivity index (χ1) is 9.70. The molecular formula is C16H19NO3. The summed E-state index contributed by atoms with van der Waals surface area (Å²) in [5.74, 6) is 0.677. The van der Waals surface area contributed by atoms with Gasteiger partial charge < -0.3 is 9.47 Å². The van der Waals surface area contributed by atoms with Gasteiger partial charge in [0.25, 0.3) is 0 Å². The van der Waals surface area contributed by atoms with Crippen molar-refractivity contribution in [3.63, 3.8) is 0 Å². The van der Waals surface area contributed by atoms with Gasteiger partial charge in [0.15, 0.2) is 5.75 Å². The minimum absolute atomic E-state index is 0.353. The fourth-order valence-electron chi connectivity index (χ4n) is 1.95. The van der Waals surface area contributed by atoms with Crippen molar-refractivity contribution in [2.75, 3.05) is 6.61 Å². The van der Waals surface area contributed by atoms with Crippen molar-refractivity contribution < 1.29 is 14.3 Å². The number of nitrogens with zero attached hydrogens (tertiary/aromatic N) is 1. The van der Waals surface area contributed by atoms with Crippen molar-refractivity contribution in [1.29, 1.82) is 0 Å². The molecule has 0 saturated heterocycles. The Balaban J connectivity index is 2.20. The number of hydrogen-bond donors (Lipinski definition) is 0. The highest BCUT2D eigenvalue weighted by Gasteiger charge is 2.07. The zero-order valence-corrected chi connectivity index (χ0v) is 11.9. The molecule has 0 amide bonds. The largest absolute Gasteiger partial charge is 0.478 e. The van der Waals surface area contributed by atoms with Crippen LogP contribution in [0, 0.1) is 0 Å². The Morgan fingerprint density at radius 2 is 2.05 bits per heavy atom. The van der Waals surface area contributed by atoms with Gasteiger partial charge in [-0.2, -0.15) is 0 Å². The number of pyridine rings is 1. The Morgan fingerprint density at radius 1 is 1.20 bits per heavy atom. The molecular weight excluding hydrogens is 254 g/mol. The average molecular weight is 273 g/mol. The molecule has 0 aliphatic carbocycles. The molecule has 1 aromatic carbocycles. The number of aromatic nitrogens is 1. The summed E-state index contributed by atoms with van der Waals surface area (Å²) < 4.78 is 10.8. The van der Waals surface area contributed by atoms with Crippen LogP contribution in [-0.2, 0) is 4.79 Å². The van der Waals surface area contributed by atoms with Crippen molar-refractivity contribution >= 4 is 16.9 Å². The van der Waals surface area contributed by atoms with E-state index in [4.69, 9.17) is 9.47 Å². The highest BCUT2D eigenvalue weighted by Crippen LogP contribution is 2.26. The number of benzene rings is 1. The lowest BCUT2D eigenvalue weighted by Crippen LogP contribution is -2.03. The van der Waals surface area contributed by atoms with Gasteiger partial charge in [0.2, 0.25) is 5.88 Å². The van der Waals surface area contributed by atoms with Gasteiger partial charge in [0, 0.05) is 18.4 Å². The number of para-hydroxylation sites is 1. The average Bonchev–Trinajstić information content (AvgIpc) is 2.43. The van der Waals surface area contributed by atoms with Crippen molar-refractivity contribution in [3.05, 3.63) is 30.3 Å². The monoisotopic (exact) mass is 273 g/mol. The second-order valence-electron chi connectivity index (χ2n) is 4.63. The summed E-state index contributed by atoms with van der Waals surface area (Å²) in [6.07, 6.45) is 3.32. The second-order valence-corrected chi connectivity index (χ2v) is 4.63. The van der Waals surface area contributed by atoms with Gasteiger partial charge in [-0.05, 0) is 18.6 Å². The molecule has 4 nitrogen and oxygen atoms in total. The second kappa shape index (κ2) is 6.89. The van der Waals surface area contributed by atoms with Crippen molar-refractivity contribution in [2.24, 2.45) is 0 Å². The van der Waals surface area contributed by atoms with Crippen LogP contribution in [-0.4, -0.2) is 17.6 Å². The summed E-state index contributed by atoms with van der Waals surface area (Å²) in [5.41, 5.74) is 0.649. The first-order valence-electron chi connectivity index (χ1n) is 6.91. The van der Waals surface area contributed by atoms with E-state index >= 15 is 0 Å².